The topological polar surface area (TPSA) is 97.1 Å². The molecule has 1 atom stereocenters. The lowest BCUT2D eigenvalue weighted by Crippen LogP contribution is -2.41. The highest BCUT2D eigenvalue weighted by molar-refractivity contribution is 5.78. The van der Waals surface area contributed by atoms with Gasteiger partial charge in [0.05, 0.1) is 6.20 Å². The van der Waals surface area contributed by atoms with Crippen LogP contribution in [0.15, 0.2) is 54.9 Å². The number of aromatic nitrogens is 3. The summed E-state index contributed by atoms with van der Waals surface area (Å²) >= 11 is 0. The molecule has 1 saturated heterocycles. The van der Waals surface area contributed by atoms with Crippen LogP contribution in [-0.2, 0) is 4.79 Å². The van der Waals surface area contributed by atoms with Gasteiger partial charge in [0, 0.05) is 36.5 Å². The summed E-state index contributed by atoms with van der Waals surface area (Å²) in [5.74, 6) is 1.38. The third-order valence-corrected chi connectivity index (χ3v) is 5.05. The minimum atomic E-state index is 0.00257. The number of likely N-dealkylation sites (tertiary alicyclic amines) is 1. The Kier molecular flexibility index (Phi) is 5.23. The number of carbonyl (C=O) groups is 1. The fraction of sp³-hybridized carbons (Fsp3) is 0.286. The molecule has 1 aliphatic rings. The van der Waals surface area contributed by atoms with Crippen molar-refractivity contribution in [1.29, 1.82) is 0 Å². The van der Waals surface area contributed by atoms with Crippen molar-refractivity contribution in [3.63, 3.8) is 0 Å². The molecule has 3 aromatic rings. The average Bonchev–Trinajstić information content (AvgIpc) is 3.23. The zero-order chi connectivity index (χ0) is 19.3. The predicted molar refractivity (Wildman–Crippen MR) is 107 cm³/mol. The second-order valence-corrected chi connectivity index (χ2v) is 6.95. The Balaban J connectivity index is 1.44. The molecule has 0 spiro atoms. The van der Waals surface area contributed by atoms with Crippen LogP contribution in [0.2, 0.25) is 0 Å². The third kappa shape index (κ3) is 3.98. The quantitative estimate of drug-likeness (QED) is 0.713. The van der Waals surface area contributed by atoms with Crippen molar-refractivity contribution >= 4 is 11.7 Å². The molecule has 144 valence electrons. The standard InChI is InChI=1S/C21H23N5O2/c22-19-11-15(8-9-23-19)18-12-24-25-21(18)16-5-4-10-26(13-16)20(27)14-28-17-6-2-1-3-7-17/h1-3,6-9,11-12,16H,4-5,10,13-14H2,(H2,22,23)(H,24,25)/t16-/m0/s1. The number of nitrogens with zero attached hydrogens (tertiary/aromatic N) is 3. The molecule has 1 aliphatic heterocycles. The molecule has 3 heterocycles. The summed E-state index contributed by atoms with van der Waals surface area (Å²) in [6.45, 7) is 1.44. The second kappa shape index (κ2) is 8.12. The van der Waals surface area contributed by atoms with Crippen molar-refractivity contribution in [3.8, 4) is 16.9 Å². The molecule has 0 saturated carbocycles. The van der Waals surface area contributed by atoms with E-state index in [1.54, 1.807) is 6.20 Å². The number of aromatic amines is 1. The first kappa shape index (κ1) is 18.0. The Labute approximate surface area is 163 Å². The summed E-state index contributed by atoms with van der Waals surface area (Å²) in [5, 5.41) is 7.37. The number of anilines is 1. The number of rotatable bonds is 5. The van der Waals surface area contributed by atoms with E-state index >= 15 is 0 Å². The number of piperidine rings is 1. The fourth-order valence-corrected chi connectivity index (χ4v) is 3.65. The number of hydrogen-bond donors (Lipinski definition) is 2. The van der Waals surface area contributed by atoms with Gasteiger partial charge in [0.15, 0.2) is 6.61 Å². The summed E-state index contributed by atoms with van der Waals surface area (Å²) in [6.07, 6.45) is 5.44. The van der Waals surface area contributed by atoms with Gasteiger partial charge in [-0.05, 0) is 42.7 Å². The highest BCUT2D eigenvalue weighted by Gasteiger charge is 2.28. The zero-order valence-corrected chi connectivity index (χ0v) is 15.5. The van der Waals surface area contributed by atoms with E-state index in [0.29, 0.717) is 18.1 Å². The van der Waals surface area contributed by atoms with Gasteiger partial charge in [0.25, 0.3) is 5.91 Å². The fourth-order valence-electron chi connectivity index (χ4n) is 3.65. The maximum atomic E-state index is 12.6. The van der Waals surface area contributed by atoms with Crippen LogP contribution in [0.3, 0.4) is 0 Å². The van der Waals surface area contributed by atoms with Gasteiger partial charge in [-0.25, -0.2) is 4.98 Å². The Morgan fingerprint density at radius 3 is 2.96 bits per heavy atom. The van der Waals surface area contributed by atoms with Gasteiger partial charge in [-0.3, -0.25) is 9.89 Å². The van der Waals surface area contributed by atoms with Gasteiger partial charge in [-0.1, -0.05) is 18.2 Å². The first-order valence-corrected chi connectivity index (χ1v) is 9.41. The molecular formula is C21H23N5O2. The van der Waals surface area contributed by atoms with Gasteiger partial charge in [-0.15, -0.1) is 0 Å². The van der Waals surface area contributed by atoms with E-state index in [2.05, 4.69) is 15.2 Å². The number of nitrogens with two attached hydrogens (primary N) is 1. The number of benzene rings is 1. The van der Waals surface area contributed by atoms with E-state index in [0.717, 1.165) is 36.2 Å². The maximum absolute atomic E-state index is 12.6. The van der Waals surface area contributed by atoms with E-state index in [1.807, 2.05) is 53.6 Å². The maximum Gasteiger partial charge on any atom is 0.260 e. The van der Waals surface area contributed by atoms with Crippen molar-refractivity contribution in [1.82, 2.24) is 20.1 Å². The molecule has 0 unspecified atom stereocenters. The smallest absolute Gasteiger partial charge is 0.260 e. The third-order valence-electron chi connectivity index (χ3n) is 5.05. The van der Waals surface area contributed by atoms with Crippen LogP contribution >= 0.6 is 0 Å². The van der Waals surface area contributed by atoms with Crippen molar-refractivity contribution < 1.29 is 9.53 Å². The molecule has 1 fully saturated rings. The van der Waals surface area contributed by atoms with Crippen molar-refractivity contribution in [3.05, 3.63) is 60.6 Å². The van der Waals surface area contributed by atoms with Gasteiger partial charge in [0.1, 0.15) is 11.6 Å². The van der Waals surface area contributed by atoms with Crippen LogP contribution < -0.4 is 10.5 Å². The highest BCUT2D eigenvalue weighted by Crippen LogP contribution is 2.33. The molecule has 3 N–H and O–H groups in total. The Morgan fingerprint density at radius 2 is 2.14 bits per heavy atom. The van der Waals surface area contributed by atoms with Gasteiger partial charge in [0.2, 0.25) is 0 Å². The molecule has 28 heavy (non-hydrogen) atoms. The molecule has 0 radical (unpaired) electrons. The summed E-state index contributed by atoms with van der Waals surface area (Å²) in [7, 11) is 0. The molecule has 7 nitrogen and oxygen atoms in total. The minimum absolute atomic E-state index is 0.00257. The van der Waals surface area contributed by atoms with Crippen LogP contribution in [0.4, 0.5) is 5.82 Å². The average molecular weight is 377 g/mol. The van der Waals surface area contributed by atoms with E-state index in [4.69, 9.17) is 10.5 Å². The van der Waals surface area contributed by atoms with Crippen LogP contribution in [0, 0.1) is 0 Å². The summed E-state index contributed by atoms with van der Waals surface area (Å²) in [4.78, 5) is 18.6. The van der Waals surface area contributed by atoms with E-state index in [9.17, 15) is 4.79 Å². The Morgan fingerprint density at radius 1 is 1.29 bits per heavy atom. The number of H-pyrrole nitrogens is 1. The molecule has 0 bridgehead atoms. The monoisotopic (exact) mass is 377 g/mol. The minimum Gasteiger partial charge on any atom is -0.484 e. The van der Waals surface area contributed by atoms with Gasteiger partial charge < -0.3 is 15.4 Å². The normalized spacial score (nSPS) is 16.7. The molecule has 4 rings (SSSR count). The van der Waals surface area contributed by atoms with Crippen LogP contribution in [0.1, 0.15) is 24.5 Å². The molecule has 1 amide bonds. The Hall–Kier alpha value is -3.35. The second-order valence-electron chi connectivity index (χ2n) is 6.95. The number of pyridine rings is 1. The lowest BCUT2D eigenvalue weighted by molar-refractivity contribution is -0.134. The molecular weight excluding hydrogens is 354 g/mol. The number of para-hydroxylation sites is 1. The van der Waals surface area contributed by atoms with Crippen molar-refractivity contribution in [2.75, 3.05) is 25.4 Å². The molecule has 1 aromatic carbocycles. The number of amides is 1. The number of nitrogen functional groups attached to an aromatic ring is 1. The summed E-state index contributed by atoms with van der Waals surface area (Å²) < 4.78 is 5.62. The van der Waals surface area contributed by atoms with Crippen LogP contribution in [0.25, 0.3) is 11.1 Å². The highest BCUT2D eigenvalue weighted by atomic mass is 16.5. The number of nitrogens with one attached hydrogen (secondary N) is 1. The van der Waals surface area contributed by atoms with Crippen molar-refractivity contribution in [2.45, 2.75) is 18.8 Å². The molecule has 0 aliphatic carbocycles. The number of hydrogen-bond acceptors (Lipinski definition) is 5. The van der Waals surface area contributed by atoms with Crippen LogP contribution in [0.5, 0.6) is 5.75 Å². The lowest BCUT2D eigenvalue weighted by atomic mass is 9.90. The van der Waals surface area contributed by atoms with E-state index in [-0.39, 0.29) is 18.4 Å². The lowest BCUT2D eigenvalue weighted by Gasteiger charge is -2.32. The number of ether oxygens (including phenoxy) is 1. The first-order chi connectivity index (χ1) is 13.7. The van der Waals surface area contributed by atoms with Crippen molar-refractivity contribution in [2.24, 2.45) is 0 Å². The SMILES string of the molecule is Nc1cc(-c2cn[nH]c2[C@H]2CCCN(C(=O)COc3ccccc3)C2)ccn1. The number of carbonyl (C=O) groups excluding carboxylic acids is 1. The summed E-state index contributed by atoms with van der Waals surface area (Å²) in [5.41, 5.74) is 8.85. The Bertz CT molecular complexity index is 941. The van der Waals surface area contributed by atoms with Crippen LogP contribution in [-0.4, -0.2) is 45.7 Å². The van der Waals surface area contributed by atoms with E-state index < -0.39 is 0 Å². The first-order valence-electron chi connectivity index (χ1n) is 9.41. The largest absolute Gasteiger partial charge is 0.484 e. The zero-order valence-electron chi connectivity index (χ0n) is 15.5. The van der Waals surface area contributed by atoms with E-state index in [1.165, 1.54) is 0 Å². The predicted octanol–water partition coefficient (Wildman–Crippen LogP) is 2.84. The summed E-state index contributed by atoms with van der Waals surface area (Å²) in [6, 6.07) is 13.2. The molecule has 7 heteroatoms. The van der Waals surface area contributed by atoms with Gasteiger partial charge >= 0.3 is 0 Å². The molecule has 2 aromatic heterocycles. The van der Waals surface area contributed by atoms with Gasteiger partial charge in [-0.2, -0.15) is 5.10 Å².